The van der Waals surface area contributed by atoms with Crippen LogP contribution in [-0.4, -0.2) is 55.7 Å². The van der Waals surface area contributed by atoms with Gasteiger partial charge in [0.1, 0.15) is 6.04 Å². The number of piperazine rings is 1. The zero-order valence-corrected chi connectivity index (χ0v) is 15.0. The molecule has 8 heteroatoms. The lowest BCUT2D eigenvalue weighted by Gasteiger charge is -2.36. The van der Waals surface area contributed by atoms with Crippen LogP contribution in [0.25, 0.3) is 0 Å². The quantitative estimate of drug-likeness (QED) is 0.780. The van der Waals surface area contributed by atoms with Crippen LogP contribution >= 0.6 is 12.4 Å². The maximum Gasteiger partial charge on any atom is 0.405 e. The Labute approximate surface area is 148 Å². The van der Waals surface area contributed by atoms with Gasteiger partial charge >= 0.3 is 6.18 Å². The van der Waals surface area contributed by atoms with Crippen molar-refractivity contribution in [1.29, 1.82) is 0 Å². The Bertz CT molecular complexity index is 389. The van der Waals surface area contributed by atoms with Gasteiger partial charge in [-0.1, -0.05) is 19.8 Å². The highest BCUT2D eigenvalue weighted by molar-refractivity contribution is 5.85. The lowest BCUT2D eigenvalue weighted by atomic mass is 9.81. The van der Waals surface area contributed by atoms with E-state index >= 15 is 0 Å². The lowest BCUT2D eigenvalue weighted by molar-refractivity contribution is -0.184. The van der Waals surface area contributed by atoms with Gasteiger partial charge in [-0.3, -0.25) is 9.69 Å². The third-order valence-corrected chi connectivity index (χ3v) is 4.98. The molecule has 3 unspecified atom stereocenters. The van der Waals surface area contributed by atoms with Crippen molar-refractivity contribution in [2.75, 3.05) is 32.7 Å². The number of hydrogen-bond acceptors (Lipinski definition) is 3. The number of carbonyl (C=O) groups is 1. The van der Waals surface area contributed by atoms with E-state index in [4.69, 9.17) is 0 Å². The Kier molecular flexibility index (Phi) is 8.81. The number of rotatable bonds is 5. The summed E-state index contributed by atoms with van der Waals surface area (Å²) in [4.78, 5) is 13.4. The van der Waals surface area contributed by atoms with E-state index in [1.165, 1.54) is 11.3 Å². The zero-order valence-electron chi connectivity index (χ0n) is 14.2. The summed E-state index contributed by atoms with van der Waals surface area (Å²) in [7, 11) is 0. The highest BCUT2D eigenvalue weighted by Crippen LogP contribution is 2.30. The fourth-order valence-electron chi connectivity index (χ4n) is 3.74. The molecule has 1 saturated carbocycles. The first-order valence-electron chi connectivity index (χ1n) is 8.64. The molecular formula is C16H29ClF3N3O. The molecule has 1 aliphatic carbocycles. The van der Waals surface area contributed by atoms with Crippen LogP contribution in [0.1, 0.15) is 39.0 Å². The molecule has 0 aromatic rings. The van der Waals surface area contributed by atoms with Crippen molar-refractivity contribution in [1.82, 2.24) is 15.5 Å². The van der Waals surface area contributed by atoms with Gasteiger partial charge < -0.3 is 10.6 Å². The fourth-order valence-corrected chi connectivity index (χ4v) is 3.74. The van der Waals surface area contributed by atoms with Crippen LogP contribution in [0.3, 0.4) is 0 Å². The molecule has 2 rings (SSSR count). The molecule has 142 valence electrons. The number of nitrogens with zero attached hydrogens (tertiary/aromatic N) is 1. The number of carbonyl (C=O) groups excluding carboxylic acids is 1. The minimum atomic E-state index is -4.32. The Morgan fingerprint density at radius 3 is 2.54 bits per heavy atom. The van der Waals surface area contributed by atoms with Crippen molar-refractivity contribution in [3.05, 3.63) is 0 Å². The summed E-state index contributed by atoms with van der Waals surface area (Å²) in [5, 5.41) is 5.58. The van der Waals surface area contributed by atoms with Crippen LogP contribution in [0.2, 0.25) is 0 Å². The molecule has 1 amide bonds. The number of amides is 1. The van der Waals surface area contributed by atoms with Gasteiger partial charge in [-0.25, -0.2) is 0 Å². The highest BCUT2D eigenvalue weighted by atomic mass is 35.5. The van der Waals surface area contributed by atoms with Crippen molar-refractivity contribution in [3.63, 3.8) is 0 Å². The molecule has 2 N–H and O–H groups in total. The van der Waals surface area contributed by atoms with Crippen molar-refractivity contribution in [2.24, 2.45) is 11.8 Å². The van der Waals surface area contributed by atoms with Crippen molar-refractivity contribution >= 4 is 18.3 Å². The van der Waals surface area contributed by atoms with E-state index in [9.17, 15) is 18.0 Å². The molecule has 1 aliphatic heterocycles. The number of nitrogens with one attached hydrogen (secondary N) is 2. The predicted molar refractivity (Wildman–Crippen MR) is 90.3 cm³/mol. The van der Waals surface area contributed by atoms with Crippen LogP contribution < -0.4 is 10.6 Å². The van der Waals surface area contributed by atoms with Crippen molar-refractivity contribution < 1.29 is 18.0 Å². The first kappa shape index (κ1) is 21.5. The average molecular weight is 372 g/mol. The summed E-state index contributed by atoms with van der Waals surface area (Å²) in [6.07, 6.45) is 0.370. The van der Waals surface area contributed by atoms with E-state index in [1.54, 1.807) is 0 Å². The van der Waals surface area contributed by atoms with Crippen LogP contribution in [-0.2, 0) is 4.79 Å². The second kappa shape index (κ2) is 9.82. The topological polar surface area (TPSA) is 44.4 Å². The number of halogens is 4. The van der Waals surface area contributed by atoms with Crippen LogP contribution in [0.4, 0.5) is 13.2 Å². The fraction of sp³-hybridized carbons (Fsp3) is 0.938. The van der Waals surface area contributed by atoms with E-state index < -0.39 is 12.2 Å². The van der Waals surface area contributed by atoms with Gasteiger partial charge in [0.05, 0.1) is 0 Å². The lowest BCUT2D eigenvalue weighted by Crippen LogP contribution is -2.57. The minimum Gasteiger partial charge on any atom is -0.354 e. The number of alkyl halides is 3. The maximum atomic E-state index is 13.3. The smallest absolute Gasteiger partial charge is 0.354 e. The standard InChI is InChI=1S/C16H28F3N3O.ClH/c1-12-3-2-4-13(9-12)10-15(23)21-11-14(16(17,18)19)22-7-5-20-6-8-22;/h12-14,20H,2-11H2,1H3,(H,21,23);1H. The highest BCUT2D eigenvalue weighted by Gasteiger charge is 2.43. The summed E-state index contributed by atoms with van der Waals surface area (Å²) < 4.78 is 39.8. The molecule has 0 radical (unpaired) electrons. The molecule has 0 aromatic carbocycles. The Morgan fingerprint density at radius 2 is 1.96 bits per heavy atom. The largest absolute Gasteiger partial charge is 0.405 e. The summed E-state index contributed by atoms with van der Waals surface area (Å²) >= 11 is 0. The molecule has 1 saturated heterocycles. The molecular weight excluding hydrogens is 343 g/mol. The zero-order chi connectivity index (χ0) is 16.9. The van der Waals surface area contributed by atoms with Crippen molar-refractivity contribution in [3.8, 4) is 0 Å². The van der Waals surface area contributed by atoms with Gasteiger partial charge in [0.2, 0.25) is 5.91 Å². The molecule has 1 heterocycles. The van der Waals surface area contributed by atoms with E-state index in [-0.39, 0.29) is 24.9 Å². The van der Waals surface area contributed by atoms with Crippen LogP contribution in [0.5, 0.6) is 0 Å². The van der Waals surface area contributed by atoms with Crippen LogP contribution in [0.15, 0.2) is 0 Å². The van der Waals surface area contributed by atoms with E-state index in [1.807, 2.05) is 0 Å². The summed E-state index contributed by atoms with van der Waals surface area (Å²) in [6.45, 7) is 3.67. The first-order chi connectivity index (χ1) is 10.9. The normalized spacial score (nSPS) is 27.2. The van der Waals surface area contributed by atoms with Gasteiger partial charge in [0, 0.05) is 39.1 Å². The van der Waals surface area contributed by atoms with Gasteiger partial charge in [-0.15, -0.1) is 12.4 Å². The molecule has 4 nitrogen and oxygen atoms in total. The molecule has 0 bridgehead atoms. The third-order valence-electron chi connectivity index (χ3n) is 4.98. The van der Waals surface area contributed by atoms with Gasteiger partial charge in [0.15, 0.2) is 0 Å². The molecule has 3 atom stereocenters. The monoisotopic (exact) mass is 371 g/mol. The average Bonchev–Trinajstić information content (AvgIpc) is 2.47. The second-order valence-electron chi connectivity index (χ2n) is 6.99. The van der Waals surface area contributed by atoms with E-state index in [0.29, 0.717) is 44.4 Å². The van der Waals surface area contributed by atoms with E-state index in [2.05, 4.69) is 17.6 Å². The van der Waals surface area contributed by atoms with Crippen molar-refractivity contribution in [2.45, 2.75) is 51.2 Å². The SMILES string of the molecule is CC1CCCC(CC(=O)NCC(N2CCNCC2)C(F)(F)F)C1.Cl. The van der Waals surface area contributed by atoms with Gasteiger partial charge in [-0.2, -0.15) is 13.2 Å². The third kappa shape index (κ3) is 6.76. The summed E-state index contributed by atoms with van der Waals surface area (Å²) in [5.74, 6) is 0.695. The van der Waals surface area contributed by atoms with Crippen LogP contribution in [0, 0.1) is 11.8 Å². The number of hydrogen-bond donors (Lipinski definition) is 2. The first-order valence-corrected chi connectivity index (χ1v) is 8.64. The molecule has 2 aliphatic rings. The molecule has 24 heavy (non-hydrogen) atoms. The second-order valence-corrected chi connectivity index (χ2v) is 6.99. The summed E-state index contributed by atoms with van der Waals surface area (Å²) in [5.41, 5.74) is 0. The van der Waals surface area contributed by atoms with Gasteiger partial charge in [0.25, 0.3) is 0 Å². The Balaban J connectivity index is 0.00000288. The maximum absolute atomic E-state index is 13.3. The summed E-state index contributed by atoms with van der Waals surface area (Å²) in [6, 6.07) is -1.58. The molecule has 0 spiro atoms. The minimum absolute atomic E-state index is 0. The molecule has 2 fully saturated rings. The van der Waals surface area contributed by atoms with Gasteiger partial charge in [-0.05, 0) is 24.7 Å². The predicted octanol–water partition coefficient (Wildman–Crippen LogP) is 2.58. The molecule has 0 aromatic heterocycles. The van der Waals surface area contributed by atoms with E-state index in [0.717, 1.165) is 19.3 Å². The Morgan fingerprint density at radius 1 is 1.29 bits per heavy atom. The Hall–Kier alpha value is -0.530.